The normalized spacial score (nSPS) is 12.1. The van der Waals surface area contributed by atoms with Crippen molar-refractivity contribution in [1.82, 2.24) is 14.5 Å². The molecule has 12 aromatic rings. The van der Waals surface area contributed by atoms with Gasteiger partial charge < -0.3 is 8.98 Å². The molecule has 12 rings (SSSR count). The van der Waals surface area contributed by atoms with Crippen molar-refractivity contribution in [1.29, 1.82) is 0 Å². The molecule has 0 fully saturated rings. The van der Waals surface area contributed by atoms with Gasteiger partial charge in [0.05, 0.1) is 22.2 Å². The molecule has 0 amide bonds. The molecule has 54 heavy (non-hydrogen) atoms. The number of nitrogens with zero attached hydrogens (tertiary/aromatic N) is 3. The minimum Gasteiger partial charge on any atom is -0.455 e. The summed E-state index contributed by atoms with van der Waals surface area (Å²) in [6, 6.07) is 62.4. The summed E-state index contributed by atoms with van der Waals surface area (Å²) in [5.41, 5.74) is 8.81. The molecule has 4 nitrogen and oxygen atoms in total. The van der Waals surface area contributed by atoms with E-state index in [0.29, 0.717) is 5.82 Å². The van der Waals surface area contributed by atoms with Crippen molar-refractivity contribution in [3.63, 3.8) is 0 Å². The van der Waals surface area contributed by atoms with Crippen LogP contribution in [0.25, 0.3) is 115 Å². The van der Waals surface area contributed by atoms with E-state index in [1.165, 1.54) is 54.1 Å². The summed E-state index contributed by atoms with van der Waals surface area (Å²) in [6.07, 6.45) is 0. The van der Waals surface area contributed by atoms with Crippen LogP contribution >= 0.6 is 0 Å². The molecule has 250 valence electrons. The summed E-state index contributed by atoms with van der Waals surface area (Å²) in [7, 11) is 0. The van der Waals surface area contributed by atoms with Gasteiger partial charge in [0.25, 0.3) is 0 Å². The van der Waals surface area contributed by atoms with E-state index in [1.807, 2.05) is 12.1 Å². The Labute approximate surface area is 309 Å². The maximum atomic E-state index is 6.66. The summed E-state index contributed by atoms with van der Waals surface area (Å²) < 4.78 is 9.05. The van der Waals surface area contributed by atoms with Crippen LogP contribution < -0.4 is 0 Å². The van der Waals surface area contributed by atoms with Crippen LogP contribution in [-0.2, 0) is 0 Å². The molecule has 0 bridgehead atoms. The van der Waals surface area contributed by atoms with Gasteiger partial charge in [-0.3, -0.25) is 0 Å². The van der Waals surface area contributed by atoms with Gasteiger partial charge in [0.2, 0.25) is 0 Å². The lowest BCUT2D eigenvalue weighted by atomic mass is 10.00. The van der Waals surface area contributed by atoms with Crippen molar-refractivity contribution < 1.29 is 4.42 Å². The monoisotopic (exact) mass is 687 g/mol. The molecule has 0 aliphatic carbocycles. The lowest BCUT2D eigenvalue weighted by Crippen LogP contribution is -1.97. The smallest absolute Gasteiger partial charge is 0.160 e. The predicted octanol–water partition coefficient (Wildman–Crippen LogP) is 13.4. The molecule has 0 spiro atoms. The number of rotatable bonds is 3. The van der Waals surface area contributed by atoms with Gasteiger partial charge >= 0.3 is 0 Å². The first-order chi connectivity index (χ1) is 26.8. The van der Waals surface area contributed by atoms with Gasteiger partial charge in [-0.25, -0.2) is 9.97 Å². The average molecular weight is 688 g/mol. The number of benzene rings is 9. The fourth-order valence-electron chi connectivity index (χ4n) is 8.75. The first-order valence-corrected chi connectivity index (χ1v) is 18.3. The van der Waals surface area contributed by atoms with Crippen LogP contribution in [0.3, 0.4) is 0 Å². The standard InChI is InChI=1S/C50H29N3O/c1-4-13-35-32(12-1)24-29-44-45(35)39-17-9-18-40(49(39)54-44)48-38-16-7-8-19-41(38)51-50(52-48)33-20-25-34(26-21-33)53-42-27-22-30-10-2-5-14-36(30)46(42)47-37-15-6-3-11-31(37)23-28-43(47)53/h1-29H. The number of hydrogen-bond donors (Lipinski definition) is 0. The van der Waals surface area contributed by atoms with E-state index in [9.17, 15) is 0 Å². The van der Waals surface area contributed by atoms with Crippen LogP contribution in [0.1, 0.15) is 0 Å². The Morgan fingerprint density at radius 1 is 0.407 bits per heavy atom. The van der Waals surface area contributed by atoms with Crippen molar-refractivity contribution in [2.24, 2.45) is 0 Å². The Morgan fingerprint density at radius 3 is 1.63 bits per heavy atom. The zero-order chi connectivity index (χ0) is 35.3. The molecule has 4 heteroatoms. The second kappa shape index (κ2) is 11.1. The van der Waals surface area contributed by atoms with E-state index in [4.69, 9.17) is 14.4 Å². The van der Waals surface area contributed by atoms with Crippen LogP contribution in [0.2, 0.25) is 0 Å². The van der Waals surface area contributed by atoms with Crippen molar-refractivity contribution in [3.8, 4) is 28.3 Å². The second-order valence-electron chi connectivity index (χ2n) is 14.1. The number of para-hydroxylation sites is 2. The lowest BCUT2D eigenvalue weighted by molar-refractivity contribution is 0.670. The van der Waals surface area contributed by atoms with Crippen LogP contribution in [0.4, 0.5) is 0 Å². The average Bonchev–Trinajstić information content (AvgIpc) is 3.80. The zero-order valence-corrected chi connectivity index (χ0v) is 29.0. The molecule has 0 aliphatic rings. The zero-order valence-electron chi connectivity index (χ0n) is 29.0. The minimum atomic E-state index is 0.674. The molecule has 0 atom stereocenters. The Balaban J connectivity index is 1.05. The first kappa shape index (κ1) is 29.3. The molecule has 0 radical (unpaired) electrons. The van der Waals surface area contributed by atoms with Crippen molar-refractivity contribution in [2.45, 2.75) is 0 Å². The molecule has 0 unspecified atom stereocenters. The third-order valence-electron chi connectivity index (χ3n) is 11.2. The van der Waals surface area contributed by atoms with Crippen LogP contribution in [-0.4, -0.2) is 14.5 Å². The van der Waals surface area contributed by atoms with Gasteiger partial charge in [-0.1, -0.05) is 121 Å². The van der Waals surface area contributed by atoms with Crippen molar-refractivity contribution in [3.05, 3.63) is 176 Å². The van der Waals surface area contributed by atoms with Gasteiger partial charge in [-0.05, 0) is 86.9 Å². The van der Waals surface area contributed by atoms with E-state index in [-0.39, 0.29) is 0 Å². The van der Waals surface area contributed by atoms with Gasteiger partial charge in [0.15, 0.2) is 5.82 Å². The largest absolute Gasteiger partial charge is 0.455 e. The maximum absolute atomic E-state index is 6.66. The Kier molecular flexibility index (Phi) is 6.02. The van der Waals surface area contributed by atoms with Crippen LogP contribution in [0.15, 0.2) is 180 Å². The molecule has 9 aromatic carbocycles. The molecule has 0 aliphatic heterocycles. The topological polar surface area (TPSA) is 43.9 Å². The molecule has 0 saturated carbocycles. The third kappa shape index (κ3) is 4.13. The van der Waals surface area contributed by atoms with Gasteiger partial charge in [0.1, 0.15) is 11.2 Å². The Hall–Kier alpha value is -7.30. The lowest BCUT2D eigenvalue weighted by Gasteiger charge is -2.12. The highest BCUT2D eigenvalue weighted by molar-refractivity contribution is 6.28. The number of aromatic nitrogens is 3. The van der Waals surface area contributed by atoms with E-state index in [1.54, 1.807) is 0 Å². The number of furan rings is 1. The predicted molar refractivity (Wildman–Crippen MR) is 225 cm³/mol. The number of hydrogen-bond acceptors (Lipinski definition) is 3. The minimum absolute atomic E-state index is 0.674. The Bertz CT molecular complexity index is 3410. The highest BCUT2D eigenvalue weighted by atomic mass is 16.3. The molecular formula is C50H29N3O. The van der Waals surface area contributed by atoms with Gasteiger partial charge in [-0.15, -0.1) is 0 Å². The quantitative estimate of drug-likeness (QED) is 0.186. The maximum Gasteiger partial charge on any atom is 0.160 e. The van der Waals surface area contributed by atoms with Crippen molar-refractivity contribution in [2.75, 3.05) is 0 Å². The summed E-state index contributed by atoms with van der Waals surface area (Å²) >= 11 is 0. The van der Waals surface area contributed by atoms with E-state index in [2.05, 4.69) is 168 Å². The van der Waals surface area contributed by atoms with E-state index >= 15 is 0 Å². The fraction of sp³-hybridized carbons (Fsp3) is 0. The second-order valence-corrected chi connectivity index (χ2v) is 14.1. The molecule has 0 N–H and O–H groups in total. The van der Waals surface area contributed by atoms with Crippen LogP contribution in [0.5, 0.6) is 0 Å². The summed E-state index contributed by atoms with van der Waals surface area (Å²) in [4.78, 5) is 10.4. The SMILES string of the molecule is c1ccc2c(c1)ccc1oc3c(-c4nc(-c5ccc(-n6c7ccc8ccccc8c7c7c8ccccc8ccc76)cc5)nc5ccccc45)cccc3c12. The summed E-state index contributed by atoms with van der Waals surface area (Å²) in [5, 5.41) is 13.1. The Morgan fingerprint density at radius 2 is 0.963 bits per heavy atom. The fourth-order valence-corrected chi connectivity index (χ4v) is 8.75. The highest BCUT2D eigenvalue weighted by Gasteiger charge is 2.20. The molecule has 0 saturated heterocycles. The van der Waals surface area contributed by atoms with Gasteiger partial charge in [0, 0.05) is 43.7 Å². The first-order valence-electron chi connectivity index (χ1n) is 18.3. The molecule has 3 aromatic heterocycles. The molecule has 3 heterocycles. The summed E-state index contributed by atoms with van der Waals surface area (Å²) in [6.45, 7) is 0. The van der Waals surface area contributed by atoms with Gasteiger partial charge in [-0.2, -0.15) is 0 Å². The molecular weight excluding hydrogens is 659 g/mol. The summed E-state index contributed by atoms with van der Waals surface area (Å²) in [5.74, 6) is 0.674. The highest BCUT2D eigenvalue weighted by Crippen LogP contribution is 2.42. The van der Waals surface area contributed by atoms with Crippen molar-refractivity contribution >= 4 is 87.0 Å². The third-order valence-corrected chi connectivity index (χ3v) is 11.2. The van der Waals surface area contributed by atoms with E-state index in [0.717, 1.165) is 55.3 Å². The number of fused-ring (bicyclic) bond motifs is 13. The van der Waals surface area contributed by atoms with Crippen LogP contribution in [0, 0.1) is 0 Å². The van der Waals surface area contributed by atoms with E-state index < -0.39 is 0 Å².